The first kappa shape index (κ1) is 17.9. The van der Waals surface area contributed by atoms with Gasteiger partial charge in [0.2, 0.25) is 0 Å². The lowest BCUT2D eigenvalue weighted by Crippen LogP contribution is -2.19. The van der Waals surface area contributed by atoms with Crippen LogP contribution in [0.15, 0.2) is 96.1 Å². The van der Waals surface area contributed by atoms with E-state index in [0.717, 1.165) is 24.0 Å². The number of hydrogen-bond acceptors (Lipinski definition) is 2. The van der Waals surface area contributed by atoms with E-state index in [1.807, 2.05) is 54.9 Å². The van der Waals surface area contributed by atoms with Crippen molar-refractivity contribution in [3.8, 4) is 0 Å². The average Bonchev–Trinajstić information content (AvgIpc) is 3.44. The Bertz CT molecular complexity index is 1120. The van der Waals surface area contributed by atoms with E-state index in [4.69, 9.17) is 0 Å². The highest BCUT2D eigenvalue weighted by Crippen LogP contribution is 2.22. The van der Waals surface area contributed by atoms with Gasteiger partial charge in [0.05, 0.1) is 11.2 Å². The second-order valence-electron chi connectivity index (χ2n) is 6.61. The van der Waals surface area contributed by atoms with E-state index in [-0.39, 0.29) is 0 Å². The Hall–Kier alpha value is -3.52. The Labute approximate surface area is 165 Å². The molecule has 2 aliphatic rings. The Morgan fingerprint density at radius 3 is 2.11 bits per heavy atom. The molecule has 1 aromatic heterocycles. The van der Waals surface area contributed by atoms with Crippen LogP contribution < -0.4 is 10.4 Å². The third kappa shape index (κ3) is 4.41. The van der Waals surface area contributed by atoms with Gasteiger partial charge in [-0.1, -0.05) is 78.9 Å². The zero-order valence-electron chi connectivity index (χ0n) is 15.7. The van der Waals surface area contributed by atoms with Gasteiger partial charge in [0, 0.05) is 24.2 Å². The van der Waals surface area contributed by atoms with E-state index in [9.17, 15) is 0 Å². The smallest absolute Gasteiger partial charge is 0.0701 e. The molecule has 136 valence electrons. The van der Waals surface area contributed by atoms with E-state index >= 15 is 0 Å². The van der Waals surface area contributed by atoms with Crippen LogP contribution in [0.5, 0.6) is 0 Å². The molecule has 0 radical (unpaired) electrons. The fourth-order valence-corrected chi connectivity index (χ4v) is 3.26. The first-order valence-electron chi connectivity index (χ1n) is 9.56. The second kappa shape index (κ2) is 8.92. The van der Waals surface area contributed by atoms with Gasteiger partial charge in [-0.25, -0.2) is 0 Å². The summed E-state index contributed by atoms with van der Waals surface area (Å²) in [7, 11) is 0. The van der Waals surface area contributed by atoms with Crippen LogP contribution >= 0.6 is 0 Å². The number of hydrogen-bond donors (Lipinski definition) is 0. The minimum Gasteiger partial charge on any atom is -0.261 e. The summed E-state index contributed by atoms with van der Waals surface area (Å²) in [6, 6.07) is 28.8. The van der Waals surface area contributed by atoms with Crippen molar-refractivity contribution in [3.63, 3.8) is 0 Å². The van der Waals surface area contributed by atoms with Gasteiger partial charge in [-0.2, -0.15) is 0 Å². The lowest BCUT2D eigenvalue weighted by Gasteiger charge is -1.91. The number of aliphatic imine (C=N–C) groups is 1. The SMILES string of the molecule is C1=Nc2ccccc2C1.C1=c2ccccc2=CC1.c1ccc2ncccc2c1. The van der Waals surface area contributed by atoms with Crippen molar-refractivity contribution < 1.29 is 0 Å². The molecule has 6 rings (SSSR count). The Balaban J connectivity index is 0.000000103. The van der Waals surface area contributed by atoms with Gasteiger partial charge in [0.15, 0.2) is 0 Å². The molecule has 2 nitrogen and oxygen atoms in total. The predicted octanol–water partition coefficient (Wildman–Crippen LogP) is 4.83. The van der Waals surface area contributed by atoms with E-state index in [0.29, 0.717) is 0 Å². The predicted molar refractivity (Wildman–Crippen MR) is 119 cm³/mol. The molecule has 0 saturated carbocycles. The van der Waals surface area contributed by atoms with Crippen molar-refractivity contribution in [1.82, 2.24) is 4.98 Å². The molecule has 0 saturated heterocycles. The summed E-state index contributed by atoms with van der Waals surface area (Å²) in [4.78, 5) is 8.36. The molecule has 2 heterocycles. The normalized spacial score (nSPS) is 12.4. The summed E-state index contributed by atoms with van der Waals surface area (Å²) in [5.41, 5.74) is 3.54. The number of pyridine rings is 1. The maximum atomic E-state index is 4.18. The summed E-state index contributed by atoms with van der Waals surface area (Å²) in [5, 5.41) is 3.97. The number of para-hydroxylation sites is 2. The van der Waals surface area contributed by atoms with Crippen molar-refractivity contribution in [3.05, 3.63) is 107 Å². The molecule has 3 aromatic carbocycles. The zero-order chi connectivity index (χ0) is 19.0. The first-order valence-corrected chi connectivity index (χ1v) is 9.56. The molecule has 1 aliphatic carbocycles. The van der Waals surface area contributed by atoms with Gasteiger partial charge in [0.1, 0.15) is 0 Å². The van der Waals surface area contributed by atoms with Crippen LogP contribution in [-0.4, -0.2) is 11.2 Å². The quantitative estimate of drug-likeness (QED) is 0.440. The molecule has 1 aliphatic heterocycles. The fraction of sp³-hybridized carbons (Fsp3) is 0.0769. The van der Waals surface area contributed by atoms with Crippen LogP contribution in [0.3, 0.4) is 0 Å². The molecular formula is C26H22N2. The third-order valence-corrected chi connectivity index (χ3v) is 4.72. The van der Waals surface area contributed by atoms with Crippen LogP contribution in [0.1, 0.15) is 12.0 Å². The monoisotopic (exact) mass is 362 g/mol. The minimum atomic E-state index is 1.01. The molecule has 0 amide bonds. The summed E-state index contributed by atoms with van der Waals surface area (Å²) in [6.45, 7) is 0. The van der Waals surface area contributed by atoms with E-state index in [1.54, 1.807) is 0 Å². The standard InChI is InChI=1S/C9H7N.C9H8.C8H7N/c1-2-6-9-8(4-1)5-3-7-10-9;1-2-5-9-7-3-6-8(9)4-1;1-2-4-8-7(3-1)5-6-9-8/h1-7H;1-2,4-7H,3H2;1-4,6H,5H2. The van der Waals surface area contributed by atoms with Gasteiger partial charge in [-0.3, -0.25) is 9.98 Å². The third-order valence-electron chi connectivity index (χ3n) is 4.72. The maximum Gasteiger partial charge on any atom is 0.0701 e. The highest BCUT2D eigenvalue weighted by molar-refractivity contribution is 5.77. The summed E-state index contributed by atoms with van der Waals surface area (Å²) in [5.74, 6) is 0. The molecule has 0 fully saturated rings. The van der Waals surface area contributed by atoms with Crippen LogP contribution in [0.2, 0.25) is 0 Å². The van der Waals surface area contributed by atoms with Gasteiger partial charge >= 0.3 is 0 Å². The lowest BCUT2D eigenvalue weighted by molar-refractivity contribution is 1.41. The Morgan fingerprint density at radius 2 is 1.32 bits per heavy atom. The Morgan fingerprint density at radius 1 is 0.643 bits per heavy atom. The van der Waals surface area contributed by atoms with E-state index < -0.39 is 0 Å². The number of rotatable bonds is 0. The van der Waals surface area contributed by atoms with Crippen LogP contribution in [0.4, 0.5) is 5.69 Å². The van der Waals surface area contributed by atoms with Gasteiger partial charge in [0.25, 0.3) is 0 Å². The molecule has 0 atom stereocenters. The van der Waals surface area contributed by atoms with Crippen molar-refractivity contribution in [1.29, 1.82) is 0 Å². The molecule has 0 bridgehead atoms. The highest BCUT2D eigenvalue weighted by Gasteiger charge is 2.01. The van der Waals surface area contributed by atoms with Crippen LogP contribution in [0, 0.1) is 0 Å². The number of aromatic nitrogens is 1. The first-order chi connectivity index (χ1) is 13.9. The summed E-state index contributed by atoms with van der Waals surface area (Å²) < 4.78 is 0. The minimum absolute atomic E-state index is 1.01. The molecule has 0 spiro atoms. The van der Waals surface area contributed by atoms with Gasteiger partial charge < -0.3 is 0 Å². The molecule has 2 heteroatoms. The van der Waals surface area contributed by atoms with Crippen molar-refractivity contribution in [2.24, 2.45) is 4.99 Å². The highest BCUT2D eigenvalue weighted by atomic mass is 14.7. The van der Waals surface area contributed by atoms with E-state index in [2.05, 4.69) is 64.6 Å². The average molecular weight is 362 g/mol. The number of nitrogens with zero attached hydrogens (tertiary/aromatic N) is 2. The summed E-state index contributed by atoms with van der Waals surface area (Å²) in [6.07, 6.45) is 10.4. The fourth-order valence-electron chi connectivity index (χ4n) is 3.26. The Kier molecular flexibility index (Phi) is 5.69. The molecule has 28 heavy (non-hydrogen) atoms. The number of benzene rings is 3. The lowest BCUT2D eigenvalue weighted by atomic mass is 10.2. The molecule has 4 aromatic rings. The van der Waals surface area contributed by atoms with Crippen molar-refractivity contribution in [2.45, 2.75) is 12.8 Å². The number of fused-ring (bicyclic) bond motifs is 3. The molecule has 0 unspecified atom stereocenters. The second-order valence-corrected chi connectivity index (χ2v) is 6.61. The van der Waals surface area contributed by atoms with Gasteiger partial charge in [-0.15, -0.1) is 0 Å². The molecular weight excluding hydrogens is 340 g/mol. The van der Waals surface area contributed by atoms with Gasteiger partial charge in [-0.05, 0) is 40.6 Å². The van der Waals surface area contributed by atoms with Crippen molar-refractivity contribution >= 4 is 35.0 Å². The van der Waals surface area contributed by atoms with Crippen LogP contribution in [0.25, 0.3) is 23.1 Å². The molecule has 0 N–H and O–H groups in total. The van der Waals surface area contributed by atoms with Crippen LogP contribution in [-0.2, 0) is 6.42 Å². The largest absolute Gasteiger partial charge is 0.261 e. The zero-order valence-corrected chi connectivity index (χ0v) is 15.7. The summed E-state index contributed by atoms with van der Waals surface area (Å²) >= 11 is 0. The van der Waals surface area contributed by atoms with Crippen molar-refractivity contribution in [2.75, 3.05) is 0 Å². The topological polar surface area (TPSA) is 25.2 Å². The van der Waals surface area contributed by atoms with E-state index in [1.165, 1.54) is 21.4 Å². The maximum absolute atomic E-state index is 4.18.